The molecule has 0 saturated heterocycles. The summed E-state index contributed by atoms with van der Waals surface area (Å²) in [5.41, 5.74) is 5.60. The zero-order valence-electron chi connectivity index (χ0n) is 15.5. The van der Waals surface area contributed by atoms with E-state index in [2.05, 4.69) is 22.6 Å². The third-order valence-corrected chi connectivity index (χ3v) is 5.76. The van der Waals surface area contributed by atoms with Crippen molar-refractivity contribution in [3.8, 4) is 5.75 Å². The number of aromatic hydroxyl groups is 1. The van der Waals surface area contributed by atoms with Gasteiger partial charge in [0.05, 0.1) is 11.3 Å². The topological polar surface area (TPSA) is 75.4 Å². The largest absolute Gasteiger partial charge is 0.508 e. The van der Waals surface area contributed by atoms with Crippen molar-refractivity contribution in [1.29, 1.82) is 0 Å². The second kappa shape index (κ2) is 6.37. The molecule has 0 radical (unpaired) electrons. The monoisotopic (exact) mass is 372 g/mol. The van der Waals surface area contributed by atoms with E-state index in [0.717, 1.165) is 33.7 Å². The zero-order valence-corrected chi connectivity index (χ0v) is 15.5. The predicted octanol–water partition coefficient (Wildman–Crippen LogP) is 4.65. The highest BCUT2D eigenvalue weighted by molar-refractivity contribution is 6.01. The predicted molar refractivity (Wildman–Crippen MR) is 105 cm³/mol. The van der Waals surface area contributed by atoms with Gasteiger partial charge < -0.3 is 14.9 Å². The van der Waals surface area contributed by atoms with Gasteiger partial charge in [0.2, 0.25) is 5.88 Å². The van der Waals surface area contributed by atoms with E-state index in [0.29, 0.717) is 18.7 Å². The first kappa shape index (κ1) is 16.8. The molecule has 1 aromatic heterocycles. The summed E-state index contributed by atoms with van der Waals surface area (Å²) in [6.45, 7) is 1.91. The Morgan fingerprint density at radius 3 is 2.54 bits per heavy atom. The molecule has 2 N–H and O–H groups in total. The maximum absolute atomic E-state index is 13.3. The van der Waals surface area contributed by atoms with E-state index in [-0.39, 0.29) is 23.4 Å². The van der Waals surface area contributed by atoms with Crippen LogP contribution in [0.5, 0.6) is 5.75 Å². The molecule has 5 nitrogen and oxygen atoms in total. The summed E-state index contributed by atoms with van der Waals surface area (Å²) in [4.78, 5) is 13.3. The van der Waals surface area contributed by atoms with E-state index in [1.54, 1.807) is 12.1 Å². The lowest BCUT2D eigenvalue weighted by Gasteiger charge is -2.34. The molecule has 5 heteroatoms. The average molecular weight is 372 g/mol. The van der Waals surface area contributed by atoms with Crippen molar-refractivity contribution in [1.82, 2.24) is 5.16 Å². The minimum absolute atomic E-state index is 0.0707. The Morgan fingerprint density at radius 1 is 1.04 bits per heavy atom. The molecule has 1 aliphatic heterocycles. The number of aromatic nitrogens is 1. The third-order valence-electron chi connectivity index (χ3n) is 5.76. The van der Waals surface area contributed by atoms with Crippen molar-refractivity contribution in [2.45, 2.75) is 31.6 Å². The van der Waals surface area contributed by atoms with Crippen LogP contribution in [0.4, 0.5) is 5.88 Å². The van der Waals surface area contributed by atoms with Crippen LogP contribution >= 0.6 is 0 Å². The first-order valence-electron chi connectivity index (χ1n) is 9.45. The number of nitrogens with zero attached hydrogens (tertiary/aromatic N) is 1. The molecular formula is C23H20N2O3. The van der Waals surface area contributed by atoms with Crippen molar-refractivity contribution in [2.75, 3.05) is 5.32 Å². The smallest absolute Gasteiger partial charge is 0.233 e. The SMILES string of the molecule is Cc1noc2c1[C@@H](c1ccccc1)C1=C(C[C@H](c3ccc(O)cc3)CC1=O)N2. The van der Waals surface area contributed by atoms with Crippen molar-refractivity contribution in [3.63, 3.8) is 0 Å². The molecule has 2 aliphatic rings. The van der Waals surface area contributed by atoms with Crippen LogP contribution in [0.3, 0.4) is 0 Å². The Bertz CT molecular complexity index is 1080. The van der Waals surface area contributed by atoms with Crippen molar-refractivity contribution in [3.05, 3.63) is 88.3 Å². The fraction of sp³-hybridized carbons (Fsp3) is 0.217. The van der Waals surface area contributed by atoms with E-state index >= 15 is 0 Å². The van der Waals surface area contributed by atoms with E-state index in [4.69, 9.17) is 4.52 Å². The van der Waals surface area contributed by atoms with Gasteiger partial charge in [-0.15, -0.1) is 0 Å². The summed E-state index contributed by atoms with van der Waals surface area (Å²) in [6, 6.07) is 17.2. The number of allylic oxidation sites excluding steroid dienone is 2. The first-order chi connectivity index (χ1) is 13.6. The van der Waals surface area contributed by atoms with E-state index < -0.39 is 0 Å². The lowest BCUT2D eigenvalue weighted by Crippen LogP contribution is -2.29. The number of hydrogen-bond acceptors (Lipinski definition) is 5. The number of phenols is 1. The number of rotatable bonds is 2. The molecule has 1 aliphatic carbocycles. The molecule has 2 atom stereocenters. The van der Waals surface area contributed by atoms with Crippen LogP contribution < -0.4 is 5.32 Å². The number of aryl methyl sites for hydroxylation is 1. The summed E-state index contributed by atoms with van der Waals surface area (Å²) < 4.78 is 5.54. The van der Waals surface area contributed by atoms with Gasteiger partial charge in [0.1, 0.15) is 5.75 Å². The fourth-order valence-corrected chi connectivity index (χ4v) is 4.43. The van der Waals surface area contributed by atoms with Crippen molar-refractivity contribution >= 4 is 11.7 Å². The number of fused-ring (bicyclic) bond motifs is 1. The number of Topliss-reactive ketones (excluding diaryl/α,β-unsaturated/α-hetero) is 1. The van der Waals surface area contributed by atoms with Gasteiger partial charge in [-0.25, -0.2) is 0 Å². The fourth-order valence-electron chi connectivity index (χ4n) is 4.43. The molecule has 0 fully saturated rings. The second-order valence-electron chi connectivity index (χ2n) is 7.49. The number of carbonyl (C=O) groups is 1. The molecular weight excluding hydrogens is 352 g/mol. The third kappa shape index (κ3) is 2.62. The van der Waals surface area contributed by atoms with E-state index in [1.165, 1.54) is 0 Å². The number of carbonyl (C=O) groups excluding carboxylic acids is 1. The Hall–Kier alpha value is -3.34. The molecule has 0 saturated carbocycles. The summed E-state index contributed by atoms with van der Waals surface area (Å²) >= 11 is 0. The van der Waals surface area contributed by atoms with Gasteiger partial charge in [-0.05, 0) is 42.5 Å². The molecule has 0 amide bonds. The van der Waals surface area contributed by atoms with Gasteiger partial charge in [-0.1, -0.05) is 47.6 Å². The number of benzene rings is 2. The van der Waals surface area contributed by atoms with Gasteiger partial charge in [0, 0.05) is 23.6 Å². The van der Waals surface area contributed by atoms with Crippen LogP contribution in [0.15, 0.2) is 70.4 Å². The molecule has 0 unspecified atom stereocenters. The molecule has 0 spiro atoms. The number of nitrogens with one attached hydrogen (secondary N) is 1. The molecule has 140 valence electrons. The lowest BCUT2D eigenvalue weighted by atomic mass is 9.72. The Kier molecular flexibility index (Phi) is 3.83. The summed E-state index contributed by atoms with van der Waals surface area (Å²) in [6.07, 6.45) is 1.17. The standard InChI is InChI=1S/C23H20N2O3/c1-13-20-21(15-5-3-2-4-6-15)22-18(24-23(20)28-25-13)11-16(12-19(22)27)14-7-9-17(26)10-8-14/h2-10,16,21,24,26H,11-12H2,1H3/t16-,21+/m0/s1. The summed E-state index contributed by atoms with van der Waals surface area (Å²) in [5.74, 6) is 0.914. The minimum atomic E-state index is -0.160. The Balaban J connectivity index is 1.61. The molecule has 3 aromatic rings. The second-order valence-corrected chi connectivity index (χ2v) is 7.49. The summed E-state index contributed by atoms with van der Waals surface area (Å²) in [7, 11) is 0. The number of hydrogen-bond donors (Lipinski definition) is 2. The number of phenolic OH excluding ortho intramolecular Hbond substituents is 1. The molecule has 28 heavy (non-hydrogen) atoms. The highest BCUT2D eigenvalue weighted by Crippen LogP contribution is 2.48. The van der Waals surface area contributed by atoms with Crippen LogP contribution in [-0.4, -0.2) is 16.0 Å². The quantitative estimate of drug-likeness (QED) is 0.685. The van der Waals surface area contributed by atoms with Gasteiger partial charge >= 0.3 is 0 Å². The maximum atomic E-state index is 13.3. The van der Waals surface area contributed by atoms with Crippen LogP contribution in [0.2, 0.25) is 0 Å². The minimum Gasteiger partial charge on any atom is -0.508 e. The van der Waals surface area contributed by atoms with Gasteiger partial charge in [-0.2, -0.15) is 0 Å². The average Bonchev–Trinajstić information content (AvgIpc) is 3.08. The van der Waals surface area contributed by atoms with E-state index in [9.17, 15) is 9.90 Å². The summed E-state index contributed by atoms with van der Waals surface area (Å²) in [5, 5.41) is 17.0. The number of anilines is 1. The van der Waals surface area contributed by atoms with Gasteiger partial charge in [0.15, 0.2) is 5.78 Å². The maximum Gasteiger partial charge on any atom is 0.233 e. The molecule has 2 aromatic carbocycles. The van der Waals surface area contributed by atoms with Gasteiger partial charge in [-0.3, -0.25) is 4.79 Å². The van der Waals surface area contributed by atoms with Crippen molar-refractivity contribution < 1.29 is 14.4 Å². The zero-order chi connectivity index (χ0) is 19.3. The van der Waals surface area contributed by atoms with Crippen LogP contribution in [-0.2, 0) is 4.79 Å². The highest BCUT2D eigenvalue weighted by atomic mass is 16.5. The molecule has 0 bridgehead atoms. The first-order valence-corrected chi connectivity index (χ1v) is 9.45. The van der Waals surface area contributed by atoms with Crippen LogP contribution in [0.25, 0.3) is 0 Å². The van der Waals surface area contributed by atoms with Crippen LogP contribution in [0, 0.1) is 6.92 Å². The number of ketones is 1. The normalized spacial score (nSPS) is 21.1. The van der Waals surface area contributed by atoms with E-state index in [1.807, 2.05) is 37.3 Å². The molecule has 5 rings (SSSR count). The highest BCUT2D eigenvalue weighted by Gasteiger charge is 2.40. The lowest BCUT2D eigenvalue weighted by molar-refractivity contribution is -0.116. The van der Waals surface area contributed by atoms with Crippen molar-refractivity contribution in [2.24, 2.45) is 0 Å². The Morgan fingerprint density at radius 2 is 1.79 bits per heavy atom. The molecule has 2 heterocycles. The van der Waals surface area contributed by atoms with Crippen LogP contribution in [0.1, 0.15) is 47.1 Å². The Labute approximate surface area is 162 Å². The van der Waals surface area contributed by atoms with Gasteiger partial charge in [0.25, 0.3) is 0 Å².